The van der Waals surface area contributed by atoms with E-state index in [1.807, 2.05) is 13.0 Å². The molecule has 4 nitrogen and oxygen atoms in total. The summed E-state index contributed by atoms with van der Waals surface area (Å²) in [7, 11) is 1.59. The minimum atomic E-state index is 0.629. The second-order valence-corrected chi connectivity index (χ2v) is 2.19. The number of ether oxygens (including phenoxy) is 1. The van der Waals surface area contributed by atoms with E-state index in [0.717, 1.165) is 11.3 Å². The number of nitrogens with two attached hydrogens (primary N) is 1. The van der Waals surface area contributed by atoms with Gasteiger partial charge in [-0.2, -0.15) is 0 Å². The zero-order chi connectivity index (χ0) is 8.27. The molecule has 0 aliphatic heterocycles. The molecule has 0 atom stereocenters. The maximum absolute atomic E-state index is 5.18. The molecule has 1 aromatic heterocycles. The van der Waals surface area contributed by atoms with E-state index in [4.69, 9.17) is 10.6 Å². The van der Waals surface area contributed by atoms with Gasteiger partial charge >= 0.3 is 0 Å². The van der Waals surface area contributed by atoms with Crippen LogP contribution in [-0.4, -0.2) is 12.1 Å². The van der Waals surface area contributed by atoms with Crippen LogP contribution >= 0.6 is 0 Å². The topological polar surface area (TPSA) is 60.2 Å². The molecule has 11 heavy (non-hydrogen) atoms. The predicted molar refractivity (Wildman–Crippen MR) is 43.3 cm³/mol. The number of anilines is 1. The second kappa shape index (κ2) is 3.21. The predicted octanol–water partition coefficient (Wildman–Crippen LogP) is 0.684. The molecule has 0 spiro atoms. The summed E-state index contributed by atoms with van der Waals surface area (Å²) in [4.78, 5) is 4.00. The first-order chi connectivity index (χ1) is 5.27. The van der Waals surface area contributed by atoms with E-state index in [9.17, 15) is 0 Å². The van der Waals surface area contributed by atoms with Crippen molar-refractivity contribution in [2.24, 2.45) is 5.84 Å². The van der Waals surface area contributed by atoms with Crippen LogP contribution in [0.15, 0.2) is 12.3 Å². The molecule has 0 amide bonds. The van der Waals surface area contributed by atoms with E-state index < -0.39 is 0 Å². The Bertz CT molecular complexity index is 249. The summed E-state index contributed by atoms with van der Waals surface area (Å²) in [5.41, 5.74) is 4.24. The number of hydrogen-bond donors (Lipinski definition) is 2. The quantitative estimate of drug-likeness (QED) is 0.484. The Morgan fingerprint density at radius 2 is 2.36 bits per heavy atom. The summed E-state index contributed by atoms with van der Waals surface area (Å²) < 4.78 is 4.96. The Hall–Kier alpha value is -1.29. The number of aromatic nitrogens is 1. The number of methoxy groups -OCH3 is 1. The van der Waals surface area contributed by atoms with Gasteiger partial charge in [0.15, 0.2) is 0 Å². The van der Waals surface area contributed by atoms with Crippen molar-refractivity contribution in [2.45, 2.75) is 6.92 Å². The molecule has 0 aliphatic rings. The maximum Gasteiger partial charge on any atom is 0.216 e. The Balaban J connectivity index is 2.99. The summed E-state index contributed by atoms with van der Waals surface area (Å²) in [6.45, 7) is 1.91. The van der Waals surface area contributed by atoms with E-state index in [1.165, 1.54) is 0 Å². The van der Waals surface area contributed by atoms with Crippen molar-refractivity contribution in [3.05, 3.63) is 17.8 Å². The van der Waals surface area contributed by atoms with Crippen LogP contribution in [0.25, 0.3) is 0 Å². The highest BCUT2D eigenvalue weighted by Crippen LogP contribution is 2.16. The molecule has 0 saturated heterocycles. The molecule has 0 radical (unpaired) electrons. The first-order valence-electron chi connectivity index (χ1n) is 3.25. The normalized spacial score (nSPS) is 9.36. The zero-order valence-electron chi connectivity index (χ0n) is 6.59. The Morgan fingerprint density at radius 1 is 1.64 bits per heavy atom. The molecular formula is C7H11N3O. The van der Waals surface area contributed by atoms with Gasteiger partial charge in [-0.1, -0.05) is 0 Å². The molecule has 0 unspecified atom stereocenters. The third-order valence-electron chi connectivity index (χ3n) is 1.39. The number of hydrazine groups is 1. The van der Waals surface area contributed by atoms with Gasteiger partial charge in [0.05, 0.1) is 19.0 Å². The van der Waals surface area contributed by atoms with Gasteiger partial charge < -0.3 is 10.2 Å². The van der Waals surface area contributed by atoms with E-state index >= 15 is 0 Å². The van der Waals surface area contributed by atoms with Gasteiger partial charge in [-0.25, -0.2) is 4.98 Å². The molecular weight excluding hydrogens is 142 g/mol. The van der Waals surface area contributed by atoms with Crippen LogP contribution < -0.4 is 16.0 Å². The Kier molecular flexibility index (Phi) is 2.28. The van der Waals surface area contributed by atoms with Crippen molar-refractivity contribution in [3.63, 3.8) is 0 Å². The van der Waals surface area contributed by atoms with Gasteiger partial charge in [-0.15, -0.1) is 0 Å². The third kappa shape index (κ3) is 1.59. The molecule has 1 rings (SSSR count). The van der Waals surface area contributed by atoms with E-state index in [1.54, 1.807) is 13.3 Å². The van der Waals surface area contributed by atoms with Crippen molar-refractivity contribution < 1.29 is 4.74 Å². The fourth-order valence-electron chi connectivity index (χ4n) is 0.855. The number of nitrogen functional groups attached to an aromatic ring is 1. The molecule has 60 valence electrons. The van der Waals surface area contributed by atoms with Crippen LogP contribution in [0.4, 0.5) is 5.69 Å². The highest BCUT2D eigenvalue weighted by Gasteiger charge is 1.98. The lowest BCUT2D eigenvalue weighted by Crippen LogP contribution is -2.07. The van der Waals surface area contributed by atoms with Crippen molar-refractivity contribution in [2.75, 3.05) is 12.5 Å². The smallest absolute Gasteiger partial charge is 0.216 e. The third-order valence-corrected chi connectivity index (χ3v) is 1.39. The molecule has 0 aliphatic carbocycles. The first kappa shape index (κ1) is 7.81. The lowest BCUT2D eigenvalue weighted by atomic mass is 10.3. The Morgan fingerprint density at radius 3 is 2.82 bits per heavy atom. The van der Waals surface area contributed by atoms with Crippen LogP contribution in [0.3, 0.4) is 0 Å². The second-order valence-electron chi connectivity index (χ2n) is 2.19. The minimum absolute atomic E-state index is 0.629. The Labute approximate surface area is 65.4 Å². The lowest BCUT2D eigenvalue weighted by Gasteiger charge is -2.04. The van der Waals surface area contributed by atoms with Gasteiger partial charge in [0.2, 0.25) is 5.88 Å². The molecule has 0 bridgehead atoms. The van der Waals surface area contributed by atoms with Gasteiger partial charge in [-0.3, -0.25) is 5.84 Å². The fraction of sp³-hybridized carbons (Fsp3) is 0.286. The van der Waals surface area contributed by atoms with Gasteiger partial charge in [0.1, 0.15) is 0 Å². The van der Waals surface area contributed by atoms with Crippen LogP contribution in [0.5, 0.6) is 5.88 Å². The first-order valence-corrected chi connectivity index (χ1v) is 3.25. The SMILES string of the molecule is COc1ncc(NN)cc1C. The van der Waals surface area contributed by atoms with Crippen molar-refractivity contribution >= 4 is 5.69 Å². The van der Waals surface area contributed by atoms with E-state index in [0.29, 0.717) is 5.88 Å². The van der Waals surface area contributed by atoms with Crippen LogP contribution in [0.1, 0.15) is 5.56 Å². The monoisotopic (exact) mass is 153 g/mol. The lowest BCUT2D eigenvalue weighted by molar-refractivity contribution is 0.394. The van der Waals surface area contributed by atoms with Gasteiger partial charge in [0.25, 0.3) is 0 Å². The number of nitrogens with one attached hydrogen (secondary N) is 1. The zero-order valence-corrected chi connectivity index (χ0v) is 6.59. The summed E-state index contributed by atoms with van der Waals surface area (Å²) in [5, 5.41) is 0. The number of aryl methyl sites for hydroxylation is 1. The molecule has 0 saturated carbocycles. The maximum atomic E-state index is 5.18. The van der Waals surface area contributed by atoms with E-state index in [2.05, 4.69) is 10.4 Å². The molecule has 0 aromatic carbocycles. The van der Waals surface area contributed by atoms with Crippen LogP contribution in [-0.2, 0) is 0 Å². The highest BCUT2D eigenvalue weighted by atomic mass is 16.5. The molecule has 1 heterocycles. The standard InChI is InChI=1S/C7H11N3O/c1-5-3-6(10-8)4-9-7(5)11-2/h3-4,10H,8H2,1-2H3. The van der Waals surface area contributed by atoms with Crippen molar-refractivity contribution in [1.29, 1.82) is 0 Å². The summed E-state index contributed by atoms with van der Waals surface area (Å²) in [5.74, 6) is 5.81. The van der Waals surface area contributed by atoms with Crippen LogP contribution in [0.2, 0.25) is 0 Å². The average Bonchev–Trinajstić information content (AvgIpc) is 2.04. The van der Waals surface area contributed by atoms with Crippen molar-refractivity contribution in [3.8, 4) is 5.88 Å². The van der Waals surface area contributed by atoms with Gasteiger partial charge in [0, 0.05) is 5.56 Å². The minimum Gasteiger partial charge on any atom is -0.481 e. The van der Waals surface area contributed by atoms with Crippen LogP contribution in [0, 0.1) is 6.92 Å². The number of hydrogen-bond acceptors (Lipinski definition) is 4. The molecule has 4 heteroatoms. The largest absolute Gasteiger partial charge is 0.481 e. The molecule has 0 fully saturated rings. The fourth-order valence-corrected chi connectivity index (χ4v) is 0.855. The van der Waals surface area contributed by atoms with Crippen molar-refractivity contribution in [1.82, 2.24) is 4.98 Å². The number of nitrogens with zero attached hydrogens (tertiary/aromatic N) is 1. The molecule has 1 aromatic rings. The average molecular weight is 153 g/mol. The van der Waals surface area contributed by atoms with E-state index in [-0.39, 0.29) is 0 Å². The summed E-state index contributed by atoms with van der Waals surface area (Å²) >= 11 is 0. The number of rotatable bonds is 2. The highest BCUT2D eigenvalue weighted by molar-refractivity contribution is 5.44. The summed E-state index contributed by atoms with van der Waals surface area (Å²) in [6, 6.07) is 1.87. The summed E-state index contributed by atoms with van der Waals surface area (Å²) in [6.07, 6.45) is 1.62. The van der Waals surface area contributed by atoms with Gasteiger partial charge in [-0.05, 0) is 13.0 Å². The number of pyridine rings is 1. The molecule has 3 N–H and O–H groups in total.